The molecule has 0 bridgehead atoms. The van der Waals surface area contributed by atoms with Gasteiger partial charge in [-0.15, -0.1) is 0 Å². The van der Waals surface area contributed by atoms with Crippen LogP contribution >= 0.6 is 0 Å². The maximum absolute atomic E-state index is 8.96. The van der Waals surface area contributed by atoms with Gasteiger partial charge in [-0.05, 0) is 79.6 Å². The van der Waals surface area contributed by atoms with E-state index in [1.165, 1.54) is 39.4 Å². The average molecular weight is 681 g/mol. The van der Waals surface area contributed by atoms with Gasteiger partial charge in [0.1, 0.15) is 24.7 Å². The zero-order valence-corrected chi connectivity index (χ0v) is 29.0. The van der Waals surface area contributed by atoms with Crippen LogP contribution in [0.2, 0.25) is 0 Å². The van der Waals surface area contributed by atoms with E-state index in [4.69, 9.17) is 33.5 Å². The number of fused-ring (bicyclic) bond motifs is 2. The summed E-state index contributed by atoms with van der Waals surface area (Å²) in [5, 5.41) is 11.4. The van der Waals surface area contributed by atoms with Crippen LogP contribution < -0.4 is 14.0 Å². The quantitative estimate of drug-likeness (QED) is 0.0525. The van der Waals surface area contributed by atoms with Crippen molar-refractivity contribution < 1.29 is 38.1 Å². The smallest absolute Gasteiger partial charge is 0.213 e. The van der Waals surface area contributed by atoms with Crippen LogP contribution in [0, 0.1) is 0 Å². The fraction of sp³-hybridized carbons (Fsp3) is 0.405. The largest absolute Gasteiger partial charge is 0.491 e. The van der Waals surface area contributed by atoms with E-state index in [1.807, 2.05) is 36.4 Å². The van der Waals surface area contributed by atoms with Crippen molar-refractivity contribution in [3.05, 3.63) is 103 Å². The first-order valence-corrected chi connectivity index (χ1v) is 18.1. The monoisotopic (exact) mass is 680 g/mol. The molecule has 1 N–H and O–H groups in total. The van der Waals surface area contributed by atoms with Crippen molar-refractivity contribution in [3.63, 3.8) is 0 Å². The van der Waals surface area contributed by atoms with Crippen LogP contribution in [0.1, 0.15) is 37.7 Å². The Morgan fingerprint density at radius 3 is 1.84 bits per heavy atom. The van der Waals surface area contributed by atoms with Gasteiger partial charge in [-0.2, -0.15) is 4.57 Å². The molecule has 2 heterocycles. The van der Waals surface area contributed by atoms with Crippen LogP contribution in [-0.2, 0) is 31.9 Å². The maximum Gasteiger partial charge on any atom is 0.213 e. The second kappa shape index (κ2) is 19.4. The van der Waals surface area contributed by atoms with Crippen molar-refractivity contribution in [3.8, 4) is 22.6 Å². The van der Waals surface area contributed by atoms with Gasteiger partial charge in [0.05, 0.1) is 43.8 Å². The number of benzene rings is 4. The molecule has 5 aromatic rings. The molecule has 8 heteroatoms. The number of aromatic nitrogens is 1. The van der Waals surface area contributed by atoms with E-state index in [9.17, 15) is 0 Å². The molecule has 4 aromatic carbocycles. The molecule has 0 amide bonds. The lowest BCUT2D eigenvalue weighted by Crippen LogP contribution is -2.36. The Morgan fingerprint density at radius 1 is 0.640 bits per heavy atom. The number of aliphatic hydroxyl groups excluding tert-OH is 1. The van der Waals surface area contributed by atoms with Crippen LogP contribution in [0.5, 0.6) is 11.5 Å². The molecule has 0 radical (unpaired) electrons. The number of aliphatic hydroxyl groups is 1. The van der Waals surface area contributed by atoms with Crippen molar-refractivity contribution in [1.29, 1.82) is 0 Å². The number of nitrogens with zero attached hydrogens (tertiary/aromatic N) is 1. The first-order chi connectivity index (χ1) is 24.8. The molecule has 1 saturated heterocycles. The van der Waals surface area contributed by atoms with Crippen molar-refractivity contribution in [2.45, 2.75) is 51.4 Å². The summed E-state index contributed by atoms with van der Waals surface area (Å²) in [6.07, 6.45) is 5.80. The Morgan fingerprint density at radius 2 is 1.24 bits per heavy atom. The van der Waals surface area contributed by atoms with E-state index < -0.39 is 0 Å². The molecule has 1 aromatic heterocycles. The van der Waals surface area contributed by atoms with E-state index in [1.54, 1.807) is 0 Å². The third kappa shape index (κ3) is 10.0. The molecule has 50 heavy (non-hydrogen) atoms. The van der Waals surface area contributed by atoms with Gasteiger partial charge in [-0.1, -0.05) is 48.5 Å². The second-order valence-corrected chi connectivity index (χ2v) is 12.5. The molecule has 1 atom stereocenters. The van der Waals surface area contributed by atoms with E-state index >= 15 is 0 Å². The average Bonchev–Trinajstić information content (AvgIpc) is 3.17. The molecule has 6 rings (SSSR count). The van der Waals surface area contributed by atoms with Crippen LogP contribution in [0.4, 0.5) is 0 Å². The highest BCUT2D eigenvalue weighted by Crippen LogP contribution is 2.35. The molecule has 1 fully saturated rings. The zero-order valence-electron chi connectivity index (χ0n) is 29.0. The summed E-state index contributed by atoms with van der Waals surface area (Å²) in [5.74, 6) is 1.63. The highest BCUT2D eigenvalue weighted by atomic mass is 16.7. The van der Waals surface area contributed by atoms with Crippen molar-refractivity contribution in [2.24, 2.45) is 0 Å². The molecule has 8 nitrogen and oxygen atoms in total. The highest BCUT2D eigenvalue weighted by molar-refractivity contribution is 6.07. The molecule has 1 aliphatic rings. The summed E-state index contributed by atoms with van der Waals surface area (Å²) in [5.41, 5.74) is 6.01. The van der Waals surface area contributed by atoms with Crippen LogP contribution in [0.3, 0.4) is 0 Å². The Kier molecular flexibility index (Phi) is 13.9. The number of pyridine rings is 1. The van der Waals surface area contributed by atoms with E-state index in [-0.39, 0.29) is 12.9 Å². The molecule has 0 spiro atoms. The lowest BCUT2D eigenvalue weighted by Gasteiger charge is -2.22. The van der Waals surface area contributed by atoms with Gasteiger partial charge < -0.3 is 33.5 Å². The van der Waals surface area contributed by atoms with Crippen LogP contribution in [0.15, 0.2) is 97.1 Å². The van der Waals surface area contributed by atoms with E-state index in [0.717, 1.165) is 62.3 Å². The Hall–Kier alpha value is -4.05. The first-order valence-electron chi connectivity index (χ1n) is 18.1. The van der Waals surface area contributed by atoms with Gasteiger partial charge in [0.15, 0.2) is 12.8 Å². The van der Waals surface area contributed by atoms with Gasteiger partial charge in [0, 0.05) is 37.3 Å². The van der Waals surface area contributed by atoms with Gasteiger partial charge in [0.25, 0.3) is 0 Å². The number of para-hydroxylation sites is 2. The minimum atomic E-state index is -0.0558. The zero-order chi connectivity index (χ0) is 34.2. The predicted molar refractivity (Wildman–Crippen MR) is 196 cm³/mol. The SMILES string of the molecule is OCCCc1ccc(OCCOCCOCCOc2ccc(-c3c4ccccc4[n+](CCCOC4CCCCO4)c4ccccc34)cc2)cc1. The molecular weight excluding hydrogens is 630 g/mol. The fourth-order valence-electron chi connectivity index (χ4n) is 6.46. The molecule has 264 valence electrons. The number of rotatable bonds is 20. The fourth-order valence-corrected chi connectivity index (χ4v) is 6.46. The normalized spacial score (nSPS) is 14.7. The maximum atomic E-state index is 8.96. The number of ether oxygens (including phenoxy) is 6. The van der Waals surface area contributed by atoms with Gasteiger partial charge in [-0.3, -0.25) is 0 Å². The van der Waals surface area contributed by atoms with Crippen molar-refractivity contribution in [2.75, 3.05) is 59.5 Å². The molecule has 0 saturated carbocycles. The predicted octanol–water partition coefficient (Wildman–Crippen LogP) is 7.30. The molecular formula is C42H50NO7+. The summed E-state index contributed by atoms with van der Waals surface area (Å²) in [6.45, 7) is 5.48. The van der Waals surface area contributed by atoms with Gasteiger partial charge in [-0.25, -0.2) is 0 Å². The van der Waals surface area contributed by atoms with Gasteiger partial charge >= 0.3 is 0 Å². The number of hydrogen-bond acceptors (Lipinski definition) is 7. The third-order valence-electron chi connectivity index (χ3n) is 8.95. The van der Waals surface area contributed by atoms with Crippen molar-refractivity contribution >= 4 is 21.8 Å². The standard InChI is InChI=1S/C42H50NO7/c44-24-7-9-33-15-19-35(20-16-33)47-31-29-45-27-28-46-30-32-48-36-21-17-34(18-22-36)42-37-10-1-3-12-39(37)43(40-13-4-2-11-38(40)42)23-8-26-50-41-14-5-6-25-49-41/h1-4,10-13,15-22,41,44H,5-9,14,23-32H2/q+1. The third-order valence-corrected chi connectivity index (χ3v) is 8.95. The molecule has 1 unspecified atom stereocenters. The topological polar surface area (TPSA) is 79.5 Å². The van der Waals surface area contributed by atoms with E-state index in [2.05, 4.69) is 65.2 Å². The lowest BCUT2D eigenvalue weighted by molar-refractivity contribution is -0.646. The summed E-state index contributed by atoms with van der Waals surface area (Å²) in [6, 6.07) is 33.7. The molecule has 1 aliphatic heterocycles. The lowest BCUT2D eigenvalue weighted by atomic mass is 9.95. The summed E-state index contributed by atoms with van der Waals surface area (Å²) in [4.78, 5) is 0. The Labute approximate surface area is 295 Å². The summed E-state index contributed by atoms with van der Waals surface area (Å²) >= 11 is 0. The van der Waals surface area contributed by atoms with Crippen LogP contribution in [0.25, 0.3) is 32.9 Å². The minimum Gasteiger partial charge on any atom is -0.491 e. The Bertz CT molecular complexity index is 1680. The first kappa shape index (κ1) is 35.8. The van der Waals surface area contributed by atoms with Crippen molar-refractivity contribution in [1.82, 2.24) is 0 Å². The highest BCUT2D eigenvalue weighted by Gasteiger charge is 2.21. The second-order valence-electron chi connectivity index (χ2n) is 12.5. The van der Waals surface area contributed by atoms with E-state index in [0.29, 0.717) is 46.2 Å². The summed E-state index contributed by atoms with van der Waals surface area (Å²) < 4.78 is 37.3. The summed E-state index contributed by atoms with van der Waals surface area (Å²) in [7, 11) is 0. The van der Waals surface area contributed by atoms with Crippen LogP contribution in [-0.4, -0.2) is 70.9 Å². The Balaban J connectivity index is 0.957. The number of hydrogen-bond donors (Lipinski definition) is 1. The molecule has 0 aliphatic carbocycles. The number of aryl methyl sites for hydroxylation is 2. The van der Waals surface area contributed by atoms with Gasteiger partial charge in [0.2, 0.25) is 11.0 Å². The minimum absolute atomic E-state index is 0.0558.